The largest absolute Gasteiger partial charge is 0.379 e. The van der Waals surface area contributed by atoms with Crippen molar-refractivity contribution in [1.82, 2.24) is 19.6 Å². The van der Waals surface area contributed by atoms with E-state index in [0.717, 1.165) is 45.0 Å². The number of morpholine rings is 1. The van der Waals surface area contributed by atoms with Gasteiger partial charge in [0.1, 0.15) is 5.65 Å². The summed E-state index contributed by atoms with van der Waals surface area (Å²) in [6, 6.07) is 6.17. The van der Waals surface area contributed by atoms with E-state index in [-0.39, 0.29) is 0 Å². The minimum absolute atomic E-state index is 0.427. The van der Waals surface area contributed by atoms with Gasteiger partial charge >= 0.3 is 0 Å². The van der Waals surface area contributed by atoms with Crippen LogP contribution in [0.25, 0.3) is 5.65 Å². The molecule has 0 spiro atoms. The number of hydrogen-bond donors (Lipinski definition) is 1. The van der Waals surface area contributed by atoms with Gasteiger partial charge in [0.15, 0.2) is 0 Å². The van der Waals surface area contributed by atoms with Crippen LogP contribution in [0.5, 0.6) is 0 Å². The van der Waals surface area contributed by atoms with Crippen LogP contribution in [0.4, 0.5) is 0 Å². The lowest BCUT2D eigenvalue weighted by Crippen LogP contribution is -2.48. The second kappa shape index (κ2) is 7.85. The lowest BCUT2D eigenvalue weighted by molar-refractivity contribution is 0.00712. The Hall–Kier alpha value is -1.43. The summed E-state index contributed by atoms with van der Waals surface area (Å²) in [4.78, 5) is 7.11. The minimum atomic E-state index is 0.427. The molecule has 2 aromatic rings. The molecule has 2 aromatic heterocycles. The third kappa shape index (κ3) is 4.05. The summed E-state index contributed by atoms with van der Waals surface area (Å²) in [5, 5.41) is 3.76. The predicted molar refractivity (Wildman–Crippen MR) is 99.7 cm³/mol. The Balaban J connectivity index is 1.38. The zero-order chi connectivity index (χ0) is 17.0. The van der Waals surface area contributed by atoms with E-state index in [1.165, 1.54) is 44.3 Å². The van der Waals surface area contributed by atoms with E-state index in [1.807, 2.05) is 12.3 Å². The molecule has 3 heterocycles. The Morgan fingerprint density at radius 3 is 2.80 bits per heavy atom. The Labute approximate surface area is 150 Å². The number of fused-ring (bicyclic) bond motifs is 1. The molecule has 1 aliphatic heterocycles. The highest BCUT2D eigenvalue weighted by Gasteiger charge is 2.34. The summed E-state index contributed by atoms with van der Waals surface area (Å²) >= 11 is 0. The van der Waals surface area contributed by atoms with Gasteiger partial charge in [-0.3, -0.25) is 4.90 Å². The standard InChI is InChI=1S/C20H30N4O/c1-3-7-20(8-4-1,17-23-10-12-25-13-11-23)16-21-14-18-15-22-19-6-2-5-9-24(18)19/h2,5-6,9,15,21H,1,3-4,7-8,10-14,16-17H2. The van der Waals surface area contributed by atoms with Gasteiger partial charge in [-0.15, -0.1) is 0 Å². The highest BCUT2D eigenvalue weighted by atomic mass is 16.5. The molecule has 0 radical (unpaired) electrons. The van der Waals surface area contributed by atoms with Crippen LogP contribution >= 0.6 is 0 Å². The molecule has 0 atom stereocenters. The van der Waals surface area contributed by atoms with E-state index < -0.39 is 0 Å². The van der Waals surface area contributed by atoms with E-state index >= 15 is 0 Å². The number of nitrogens with one attached hydrogen (secondary N) is 1. The molecule has 1 saturated carbocycles. The maximum atomic E-state index is 5.53. The third-order valence-electron chi connectivity index (χ3n) is 5.88. The first-order chi connectivity index (χ1) is 12.3. The second-order valence-corrected chi connectivity index (χ2v) is 7.73. The number of rotatable bonds is 6. The van der Waals surface area contributed by atoms with Gasteiger partial charge in [-0.05, 0) is 30.4 Å². The van der Waals surface area contributed by atoms with Gasteiger partial charge < -0.3 is 14.5 Å². The fourth-order valence-corrected chi connectivity index (χ4v) is 4.50. The van der Waals surface area contributed by atoms with Crippen LogP contribution in [0.3, 0.4) is 0 Å². The van der Waals surface area contributed by atoms with Crippen LogP contribution in [0, 0.1) is 5.41 Å². The van der Waals surface area contributed by atoms with Gasteiger partial charge in [-0.25, -0.2) is 4.98 Å². The Bertz CT molecular complexity index is 671. The van der Waals surface area contributed by atoms with Gasteiger partial charge in [0.05, 0.1) is 25.1 Å². The topological polar surface area (TPSA) is 41.8 Å². The summed E-state index contributed by atoms with van der Waals surface area (Å²) in [5.41, 5.74) is 2.70. The van der Waals surface area contributed by atoms with Crippen molar-refractivity contribution in [3.8, 4) is 0 Å². The quantitative estimate of drug-likeness (QED) is 0.876. The Kier molecular flexibility index (Phi) is 5.34. The zero-order valence-electron chi connectivity index (χ0n) is 15.1. The smallest absolute Gasteiger partial charge is 0.136 e. The molecule has 0 bridgehead atoms. The van der Waals surface area contributed by atoms with Gasteiger partial charge in [-0.2, -0.15) is 0 Å². The van der Waals surface area contributed by atoms with Crippen LogP contribution in [0.1, 0.15) is 37.8 Å². The van der Waals surface area contributed by atoms with Crippen molar-refractivity contribution >= 4 is 5.65 Å². The monoisotopic (exact) mass is 342 g/mol. The van der Waals surface area contributed by atoms with Crippen molar-refractivity contribution in [2.45, 2.75) is 38.6 Å². The molecule has 1 N–H and O–H groups in total. The number of hydrogen-bond acceptors (Lipinski definition) is 4. The van der Waals surface area contributed by atoms with Crippen molar-refractivity contribution in [3.05, 3.63) is 36.3 Å². The molecule has 136 valence electrons. The van der Waals surface area contributed by atoms with E-state index in [1.54, 1.807) is 0 Å². The van der Waals surface area contributed by atoms with Crippen molar-refractivity contribution in [1.29, 1.82) is 0 Å². The summed E-state index contributed by atoms with van der Waals surface area (Å²) in [6.07, 6.45) is 11.0. The molecule has 25 heavy (non-hydrogen) atoms. The molecule has 5 heteroatoms. The fourth-order valence-electron chi connectivity index (χ4n) is 4.50. The van der Waals surface area contributed by atoms with Crippen LogP contribution in [-0.2, 0) is 11.3 Å². The lowest BCUT2D eigenvalue weighted by atomic mass is 9.73. The first-order valence-corrected chi connectivity index (χ1v) is 9.77. The van der Waals surface area contributed by atoms with Gasteiger partial charge in [0.25, 0.3) is 0 Å². The number of nitrogens with zero attached hydrogens (tertiary/aromatic N) is 3. The fraction of sp³-hybridized carbons (Fsp3) is 0.650. The lowest BCUT2D eigenvalue weighted by Gasteiger charge is -2.42. The van der Waals surface area contributed by atoms with Gasteiger partial charge in [0.2, 0.25) is 0 Å². The minimum Gasteiger partial charge on any atom is -0.379 e. The van der Waals surface area contributed by atoms with Crippen molar-refractivity contribution in [2.75, 3.05) is 39.4 Å². The molecule has 0 aromatic carbocycles. The first kappa shape index (κ1) is 17.0. The summed E-state index contributed by atoms with van der Waals surface area (Å²) in [5.74, 6) is 0. The molecule has 0 unspecified atom stereocenters. The Morgan fingerprint density at radius 1 is 1.12 bits per heavy atom. The molecule has 1 saturated heterocycles. The van der Waals surface area contributed by atoms with Crippen molar-refractivity contribution in [2.24, 2.45) is 5.41 Å². The molecular weight excluding hydrogens is 312 g/mol. The first-order valence-electron chi connectivity index (χ1n) is 9.77. The highest BCUT2D eigenvalue weighted by Crippen LogP contribution is 2.36. The average molecular weight is 342 g/mol. The van der Waals surface area contributed by atoms with E-state index in [2.05, 4.69) is 37.9 Å². The molecule has 2 aliphatic rings. The number of imidazole rings is 1. The van der Waals surface area contributed by atoms with Crippen LogP contribution in [0.2, 0.25) is 0 Å². The number of ether oxygens (including phenoxy) is 1. The van der Waals surface area contributed by atoms with Gasteiger partial charge in [-0.1, -0.05) is 25.3 Å². The van der Waals surface area contributed by atoms with E-state index in [9.17, 15) is 0 Å². The third-order valence-corrected chi connectivity index (χ3v) is 5.88. The maximum Gasteiger partial charge on any atom is 0.136 e. The molecular formula is C20H30N4O. The molecule has 2 fully saturated rings. The van der Waals surface area contributed by atoms with Crippen LogP contribution < -0.4 is 5.32 Å². The average Bonchev–Trinajstić information content (AvgIpc) is 3.07. The predicted octanol–water partition coefficient (Wildman–Crippen LogP) is 2.71. The van der Waals surface area contributed by atoms with Gasteiger partial charge in [0, 0.05) is 38.9 Å². The maximum absolute atomic E-state index is 5.53. The highest BCUT2D eigenvalue weighted by molar-refractivity contribution is 5.39. The summed E-state index contributed by atoms with van der Waals surface area (Å²) in [6.45, 7) is 7.18. The summed E-state index contributed by atoms with van der Waals surface area (Å²) < 4.78 is 7.71. The molecule has 0 amide bonds. The second-order valence-electron chi connectivity index (χ2n) is 7.73. The van der Waals surface area contributed by atoms with Crippen molar-refractivity contribution < 1.29 is 4.74 Å². The van der Waals surface area contributed by atoms with Crippen molar-refractivity contribution in [3.63, 3.8) is 0 Å². The normalized spacial score (nSPS) is 21.6. The van der Waals surface area contributed by atoms with E-state index in [4.69, 9.17) is 4.74 Å². The van der Waals surface area contributed by atoms with Crippen LogP contribution in [0.15, 0.2) is 30.6 Å². The SMILES string of the molecule is c1ccn2c(CNCC3(CN4CCOCC4)CCCCC3)cnc2c1. The Morgan fingerprint density at radius 2 is 1.96 bits per heavy atom. The van der Waals surface area contributed by atoms with E-state index in [0.29, 0.717) is 5.41 Å². The number of pyridine rings is 1. The summed E-state index contributed by atoms with van der Waals surface area (Å²) in [7, 11) is 0. The zero-order valence-corrected chi connectivity index (χ0v) is 15.1. The van der Waals surface area contributed by atoms with Crippen LogP contribution in [-0.4, -0.2) is 53.7 Å². The molecule has 4 rings (SSSR count). The molecule has 5 nitrogen and oxygen atoms in total. The molecule has 1 aliphatic carbocycles. The number of aromatic nitrogens is 2.